The summed E-state index contributed by atoms with van der Waals surface area (Å²) in [6.45, 7) is 22.5. The minimum absolute atomic E-state index is 0. The fourth-order valence-electron chi connectivity index (χ4n) is 13.7. The first-order valence-corrected chi connectivity index (χ1v) is 60.6. The maximum Gasteiger partial charge on any atom is 1.00 e. The van der Waals surface area contributed by atoms with E-state index in [4.69, 9.17) is 47.4 Å². The third-order valence-corrected chi connectivity index (χ3v) is 27.8. The first kappa shape index (κ1) is 173. The second-order valence-corrected chi connectivity index (χ2v) is 43.7. The standard InChI is InChI=1S/5C20H38O7S.7Na/c5*1-3-5-7-9-11-13-15-26-19(21)17-18(28(23,24)25)20(22)27-16-14-12-10-8-6-4-2;;;;;;;/h5*18H,3-17H2,1-2H3,(H,23,24,25);;;;;;;/q;;;;;7*+1. The van der Waals surface area contributed by atoms with Crippen molar-refractivity contribution in [1.29, 1.82) is 0 Å². The SMILES string of the molecule is CCCCCCCCOC(=O)CC(C(=O)OCCCCCCCC)S(=O)(=O)O.CCCCCCCCOC(=O)CC(C(=O)OCCCCCCCC)S(=O)(=O)O.CCCCCCCCOC(=O)CC(C(=O)OCCCCCCCC)S(=O)(=O)O.CCCCCCCCOC(=O)CC(C(=O)OCCCCCCCC)S(=O)(=O)O.CCCCCCCCOC(=O)CC(C(=O)OCCCCCCCC)S(=O)(=O)O.[Na+].[Na+].[Na+].[Na+].[Na+].[Na+].[Na+]. The van der Waals surface area contributed by atoms with Crippen LogP contribution in [0.3, 0.4) is 0 Å². The molecule has 5 N–H and O–H groups in total. The van der Waals surface area contributed by atoms with E-state index in [0.717, 1.165) is 289 Å². The van der Waals surface area contributed by atoms with Crippen molar-refractivity contribution < 1.29 is 367 Å². The molecule has 0 bridgehead atoms. The van der Waals surface area contributed by atoms with Gasteiger partial charge in [-0.15, -0.1) is 0 Å². The van der Waals surface area contributed by atoms with E-state index in [1.165, 1.54) is 32.1 Å². The molecule has 0 radical (unpaired) electrons. The van der Waals surface area contributed by atoms with Gasteiger partial charge in [-0.2, -0.15) is 42.1 Å². The summed E-state index contributed by atoms with van der Waals surface area (Å²) in [7, 11) is -23.7. The molecule has 0 aliphatic heterocycles. The van der Waals surface area contributed by atoms with Crippen LogP contribution in [0.15, 0.2) is 0 Å². The Balaban J connectivity index is -0.000000153. The average molecular weight is 2270 g/mol. The molecule has 5 atom stereocenters. The van der Waals surface area contributed by atoms with Gasteiger partial charge in [-0.25, -0.2) is 0 Å². The quantitative estimate of drug-likeness (QED) is 0.0188. The molecule has 0 spiro atoms. The molecule has 0 rings (SSSR count). The fourth-order valence-corrected chi connectivity index (χ4v) is 17.0. The molecule has 0 aromatic heterocycles. The van der Waals surface area contributed by atoms with Gasteiger partial charge in [0.1, 0.15) is 0 Å². The number of ether oxygens (including phenoxy) is 10. The van der Waals surface area contributed by atoms with E-state index < -0.39 is 169 Å². The average Bonchev–Trinajstić information content (AvgIpc) is 0.876. The van der Waals surface area contributed by atoms with Gasteiger partial charge in [0.05, 0.1) is 98.2 Å². The molecule has 147 heavy (non-hydrogen) atoms. The largest absolute Gasteiger partial charge is 1.00 e. The van der Waals surface area contributed by atoms with E-state index in [9.17, 15) is 113 Å². The monoisotopic (exact) mass is 2270 g/mol. The van der Waals surface area contributed by atoms with Gasteiger partial charge >= 0.3 is 267 Å². The second-order valence-electron chi connectivity index (χ2n) is 35.7. The van der Waals surface area contributed by atoms with Crippen LogP contribution in [0.1, 0.15) is 487 Å². The third kappa shape index (κ3) is 119. The molecule has 5 unspecified atom stereocenters. The first-order chi connectivity index (χ1) is 66.6. The molecular weight excluding hydrogens is 2080 g/mol. The Kier molecular flexibility index (Phi) is 143. The molecule has 0 saturated heterocycles. The molecule has 35 nitrogen and oxygen atoms in total. The maximum absolute atomic E-state index is 12.0. The van der Waals surface area contributed by atoms with Crippen LogP contribution >= 0.6 is 0 Å². The van der Waals surface area contributed by atoms with Crippen LogP contribution in [0.5, 0.6) is 0 Å². The van der Waals surface area contributed by atoms with Gasteiger partial charge in [-0.3, -0.25) is 70.7 Å². The summed E-state index contributed by atoms with van der Waals surface area (Å²) in [6.07, 6.45) is 56.7. The van der Waals surface area contributed by atoms with Crippen molar-refractivity contribution in [2.45, 2.75) is 513 Å². The summed E-state index contributed by atoms with van der Waals surface area (Å²) in [5.74, 6) is -9.65. The van der Waals surface area contributed by atoms with Gasteiger partial charge in [0, 0.05) is 0 Å². The molecule has 0 saturated carbocycles. The summed E-state index contributed by atoms with van der Waals surface area (Å²) in [6, 6.07) is 0. The molecular formula is C100H190Na7O35S5+7. The number of carbonyl (C=O) groups excluding carboxylic acids is 10. The van der Waals surface area contributed by atoms with Crippen LogP contribution in [0.2, 0.25) is 0 Å². The zero-order valence-corrected chi connectivity index (χ0v) is 113. The van der Waals surface area contributed by atoms with Crippen molar-refractivity contribution >= 4 is 110 Å². The van der Waals surface area contributed by atoms with E-state index in [-0.39, 0.29) is 273 Å². The Labute approximate surface area is 1040 Å². The van der Waals surface area contributed by atoms with Crippen LogP contribution in [-0.2, 0) is 146 Å². The third-order valence-electron chi connectivity index (χ3n) is 22.4. The molecule has 0 fully saturated rings. The maximum atomic E-state index is 12.0. The number of carbonyl (C=O) groups is 10. The van der Waals surface area contributed by atoms with E-state index in [1.54, 1.807) is 0 Å². The summed E-state index contributed by atoms with van der Waals surface area (Å²) < 4.78 is 210. The van der Waals surface area contributed by atoms with Gasteiger partial charge in [-0.05, 0) is 64.2 Å². The molecule has 47 heteroatoms. The van der Waals surface area contributed by atoms with Gasteiger partial charge in [0.2, 0.25) is 0 Å². The van der Waals surface area contributed by atoms with Crippen molar-refractivity contribution in [3.05, 3.63) is 0 Å². The van der Waals surface area contributed by atoms with Crippen LogP contribution < -0.4 is 207 Å². The summed E-state index contributed by atoms with van der Waals surface area (Å²) in [5.41, 5.74) is 0. The predicted octanol–water partition coefficient (Wildman–Crippen LogP) is 1.23. The number of rotatable bonds is 90. The van der Waals surface area contributed by atoms with E-state index in [2.05, 4.69) is 69.2 Å². The Hall–Kier alpha value is 1.25. The molecule has 0 heterocycles. The van der Waals surface area contributed by atoms with Crippen molar-refractivity contribution in [3.63, 3.8) is 0 Å². The zero-order chi connectivity index (χ0) is 106. The predicted molar refractivity (Wildman–Crippen MR) is 543 cm³/mol. The van der Waals surface area contributed by atoms with Crippen molar-refractivity contribution in [1.82, 2.24) is 0 Å². The molecule has 0 aromatic rings. The molecule has 0 aromatic carbocycles. The zero-order valence-electron chi connectivity index (χ0n) is 94.4. The molecule has 830 valence electrons. The van der Waals surface area contributed by atoms with Crippen LogP contribution in [0.4, 0.5) is 0 Å². The van der Waals surface area contributed by atoms with E-state index in [0.29, 0.717) is 64.2 Å². The first-order valence-electron chi connectivity index (χ1n) is 53.1. The van der Waals surface area contributed by atoms with Gasteiger partial charge < -0.3 is 47.4 Å². The normalized spacial score (nSPS) is 11.9. The van der Waals surface area contributed by atoms with Crippen LogP contribution in [0, 0.1) is 0 Å². The Morgan fingerprint density at radius 1 is 0.150 bits per heavy atom. The van der Waals surface area contributed by atoms with E-state index >= 15 is 0 Å². The topological polar surface area (TPSA) is 535 Å². The summed E-state index contributed by atoms with van der Waals surface area (Å²) >= 11 is 0. The van der Waals surface area contributed by atoms with Crippen LogP contribution in [-0.4, -0.2) is 217 Å². The number of hydrogen-bond donors (Lipinski definition) is 5. The van der Waals surface area contributed by atoms with Gasteiger partial charge in [0.25, 0.3) is 50.6 Å². The Morgan fingerprint density at radius 2 is 0.231 bits per heavy atom. The number of unbranched alkanes of at least 4 members (excludes halogenated alkanes) is 50. The van der Waals surface area contributed by atoms with Gasteiger partial charge in [0.15, 0.2) is 26.2 Å². The summed E-state index contributed by atoms with van der Waals surface area (Å²) in [5, 5.41) is -9.63. The number of hydrogen-bond acceptors (Lipinski definition) is 30. The van der Waals surface area contributed by atoms with Crippen molar-refractivity contribution in [2.75, 3.05) is 66.1 Å². The molecule has 0 aliphatic rings. The molecule has 0 aliphatic carbocycles. The van der Waals surface area contributed by atoms with Gasteiger partial charge in [-0.1, -0.05) is 390 Å². The minimum atomic E-state index is -4.73. The van der Waals surface area contributed by atoms with Crippen molar-refractivity contribution in [2.24, 2.45) is 0 Å². The fraction of sp³-hybridized carbons (Fsp3) is 0.900. The second kappa shape index (κ2) is 121. The van der Waals surface area contributed by atoms with Crippen LogP contribution in [0.25, 0.3) is 0 Å². The minimum Gasteiger partial charge on any atom is -0.466 e. The summed E-state index contributed by atoms with van der Waals surface area (Å²) in [4.78, 5) is 119. The Morgan fingerprint density at radius 3 is 0.320 bits per heavy atom. The van der Waals surface area contributed by atoms with E-state index in [1.807, 2.05) is 0 Å². The molecule has 0 amide bonds. The Bertz CT molecular complexity index is 3170. The van der Waals surface area contributed by atoms with Crippen molar-refractivity contribution in [3.8, 4) is 0 Å². The smallest absolute Gasteiger partial charge is 0.466 e. The number of esters is 10.